The van der Waals surface area contributed by atoms with Crippen molar-refractivity contribution < 1.29 is 13.2 Å². The Morgan fingerprint density at radius 3 is 2.21 bits per heavy atom. The third-order valence-electron chi connectivity index (χ3n) is 3.84. The second-order valence-electron chi connectivity index (χ2n) is 5.80. The normalized spacial score (nSPS) is 12.8. The van der Waals surface area contributed by atoms with Crippen molar-refractivity contribution in [1.82, 2.24) is 9.62 Å². The Bertz CT molecular complexity index is 787. The van der Waals surface area contributed by atoms with Gasteiger partial charge >= 0.3 is 0 Å². The Morgan fingerprint density at radius 2 is 1.67 bits per heavy atom. The van der Waals surface area contributed by atoms with E-state index in [1.165, 1.54) is 7.05 Å². The number of carbonyl (C=O) groups excluding carboxylic acids is 1. The van der Waals surface area contributed by atoms with Crippen LogP contribution in [0.15, 0.2) is 54.6 Å². The van der Waals surface area contributed by atoms with Gasteiger partial charge in [-0.1, -0.05) is 60.2 Å². The van der Waals surface area contributed by atoms with Gasteiger partial charge in [0.1, 0.15) is 6.04 Å². The summed E-state index contributed by atoms with van der Waals surface area (Å²) >= 11 is 0. The van der Waals surface area contributed by atoms with Crippen LogP contribution in [0.5, 0.6) is 0 Å². The average Bonchev–Trinajstić information content (AvgIpc) is 2.54. The van der Waals surface area contributed by atoms with Crippen LogP contribution in [-0.4, -0.2) is 31.9 Å². The number of amides is 1. The van der Waals surface area contributed by atoms with Gasteiger partial charge in [-0.25, -0.2) is 8.42 Å². The van der Waals surface area contributed by atoms with Crippen molar-refractivity contribution in [2.45, 2.75) is 19.5 Å². The molecule has 0 aliphatic carbocycles. The highest BCUT2D eigenvalue weighted by Gasteiger charge is 2.30. The molecule has 0 unspecified atom stereocenters. The van der Waals surface area contributed by atoms with E-state index in [4.69, 9.17) is 0 Å². The maximum Gasteiger partial charge on any atom is 0.243 e. The summed E-state index contributed by atoms with van der Waals surface area (Å²) in [6.07, 6.45) is 1.09. The summed E-state index contributed by atoms with van der Waals surface area (Å²) in [5, 5.41) is 2.82. The minimum absolute atomic E-state index is 0.347. The van der Waals surface area contributed by atoms with Gasteiger partial charge in [0.25, 0.3) is 0 Å². The van der Waals surface area contributed by atoms with Crippen LogP contribution in [0.1, 0.15) is 22.7 Å². The molecule has 0 saturated heterocycles. The molecule has 24 heavy (non-hydrogen) atoms. The molecule has 2 aromatic rings. The van der Waals surface area contributed by atoms with Gasteiger partial charge in [0.2, 0.25) is 15.9 Å². The molecule has 0 bridgehead atoms. The smallest absolute Gasteiger partial charge is 0.243 e. The summed E-state index contributed by atoms with van der Waals surface area (Å²) in [6.45, 7) is 2.34. The number of hydrogen-bond donors (Lipinski definition) is 1. The van der Waals surface area contributed by atoms with Crippen molar-refractivity contribution in [3.63, 3.8) is 0 Å². The molecule has 0 spiro atoms. The lowest BCUT2D eigenvalue weighted by atomic mass is 10.1. The third kappa shape index (κ3) is 4.66. The van der Waals surface area contributed by atoms with E-state index in [1.807, 2.05) is 37.3 Å². The van der Waals surface area contributed by atoms with Crippen LogP contribution in [-0.2, 0) is 21.4 Å². The maximum atomic E-state index is 12.7. The van der Waals surface area contributed by atoms with E-state index in [2.05, 4.69) is 5.32 Å². The highest BCUT2D eigenvalue weighted by atomic mass is 32.2. The first-order valence-corrected chi connectivity index (χ1v) is 9.45. The Balaban J connectivity index is 2.20. The Labute approximate surface area is 143 Å². The number of sulfonamides is 1. The molecule has 1 N–H and O–H groups in total. The molecule has 0 aliphatic heterocycles. The van der Waals surface area contributed by atoms with E-state index < -0.39 is 16.1 Å². The molecule has 2 aromatic carbocycles. The van der Waals surface area contributed by atoms with Gasteiger partial charge in [-0.05, 0) is 18.1 Å². The lowest BCUT2D eigenvalue weighted by molar-refractivity contribution is -0.124. The van der Waals surface area contributed by atoms with Crippen LogP contribution in [0.2, 0.25) is 0 Å². The standard InChI is InChI=1S/C18H22N2O3S/c1-14-9-11-15(12-10-14)13-19-18(21)17(20(2)24(3,22)23)16-7-5-4-6-8-16/h4-12,17H,13H2,1-3H3,(H,19,21)/t17-/m0/s1. The van der Waals surface area contributed by atoms with E-state index in [0.717, 1.165) is 21.7 Å². The maximum absolute atomic E-state index is 12.7. The first-order chi connectivity index (χ1) is 11.3. The monoisotopic (exact) mass is 346 g/mol. The zero-order chi connectivity index (χ0) is 17.7. The molecule has 0 heterocycles. The summed E-state index contributed by atoms with van der Waals surface area (Å²) in [7, 11) is -2.10. The van der Waals surface area contributed by atoms with Gasteiger partial charge in [-0.3, -0.25) is 4.79 Å². The number of aryl methyl sites for hydroxylation is 1. The summed E-state index contributed by atoms with van der Waals surface area (Å²) < 4.78 is 24.9. The summed E-state index contributed by atoms with van der Waals surface area (Å²) in [5.74, 6) is -0.352. The second kappa shape index (κ2) is 7.59. The van der Waals surface area contributed by atoms with Crippen molar-refractivity contribution in [2.24, 2.45) is 0 Å². The highest BCUT2D eigenvalue weighted by Crippen LogP contribution is 2.22. The van der Waals surface area contributed by atoms with Crippen LogP contribution in [0.3, 0.4) is 0 Å². The molecule has 0 saturated carbocycles. The number of carbonyl (C=O) groups is 1. The van der Waals surface area contributed by atoms with Gasteiger partial charge in [0, 0.05) is 13.6 Å². The van der Waals surface area contributed by atoms with Crippen LogP contribution < -0.4 is 5.32 Å². The van der Waals surface area contributed by atoms with Gasteiger partial charge in [-0.15, -0.1) is 0 Å². The molecule has 0 aromatic heterocycles. The molecular formula is C18H22N2O3S. The fourth-order valence-corrected chi connectivity index (χ4v) is 2.95. The van der Waals surface area contributed by atoms with E-state index >= 15 is 0 Å². The Morgan fingerprint density at radius 1 is 1.08 bits per heavy atom. The fraction of sp³-hybridized carbons (Fsp3) is 0.278. The molecule has 0 aliphatic rings. The molecule has 5 nitrogen and oxygen atoms in total. The first kappa shape index (κ1) is 18.2. The lowest BCUT2D eigenvalue weighted by Gasteiger charge is -2.25. The zero-order valence-electron chi connectivity index (χ0n) is 14.1. The van der Waals surface area contributed by atoms with Gasteiger partial charge in [-0.2, -0.15) is 4.31 Å². The average molecular weight is 346 g/mol. The molecular weight excluding hydrogens is 324 g/mol. The second-order valence-corrected chi connectivity index (χ2v) is 7.84. The summed E-state index contributed by atoms with van der Waals surface area (Å²) in [6, 6.07) is 15.8. The number of benzene rings is 2. The molecule has 1 amide bonds. The lowest BCUT2D eigenvalue weighted by Crippen LogP contribution is -2.41. The van der Waals surface area contributed by atoms with Crippen molar-refractivity contribution >= 4 is 15.9 Å². The molecule has 128 valence electrons. The van der Waals surface area contributed by atoms with Crippen LogP contribution in [0, 0.1) is 6.92 Å². The van der Waals surface area contributed by atoms with E-state index in [1.54, 1.807) is 24.3 Å². The molecule has 0 fully saturated rings. The van der Waals surface area contributed by atoms with Crippen molar-refractivity contribution in [3.8, 4) is 0 Å². The van der Waals surface area contributed by atoms with Crippen molar-refractivity contribution in [3.05, 3.63) is 71.3 Å². The van der Waals surface area contributed by atoms with Gasteiger partial charge in [0.05, 0.1) is 6.26 Å². The summed E-state index contributed by atoms with van der Waals surface area (Å²) in [4.78, 5) is 12.7. The molecule has 2 rings (SSSR count). The van der Waals surface area contributed by atoms with Crippen LogP contribution in [0.4, 0.5) is 0 Å². The number of nitrogens with zero attached hydrogens (tertiary/aromatic N) is 1. The minimum Gasteiger partial charge on any atom is -0.350 e. The fourth-order valence-electron chi connectivity index (χ4n) is 2.35. The first-order valence-electron chi connectivity index (χ1n) is 7.60. The van der Waals surface area contributed by atoms with Crippen molar-refractivity contribution in [1.29, 1.82) is 0 Å². The van der Waals surface area contributed by atoms with E-state index in [-0.39, 0.29) is 5.91 Å². The topological polar surface area (TPSA) is 66.5 Å². The zero-order valence-corrected chi connectivity index (χ0v) is 14.9. The molecule has 0 radical (unpaired) electrons. The number of likely N-dealkylation sites (N-methyl/N-ethyl adjacent to an activating group) is 1. The third-order valence-corrected chi connectivity index (χ3v) is 5.09. The summed E-state index contributed by atoms with van der Waals surface area (Å²) in [5.41, 5.74) is 2.73. The largest absolute Gasteiger partial charge is 0.350 e. The molecule has 1 atom stereocenters. The van der Waals surface area contributed by atoms with Gasteiger partial charge in [0.15, 0.2) is 0 Å². The number of nitrogens with one attached hydrogen (secondary N) is 1. The SMILES string of the molecule is Cc1ccc(CNC(=O)[C@H](c2ccccc2)N(C)S(C)(=O)=O)cc1. The van der Waals surface area contributed by atoms with Crippen LogP contribution in [0.25, 0.3) is 0 Å². The minimum atomic E-state index is -3.51. The number of rotatable bonds is 6. The predicted molar refractivity (Wildman–Crippen MR) is 94.8 cm³/mol. The highest BCUT2D eigenvalue weighted by molar-refractivity contribution is 7.88. The van der Waals surface area contributed by atoms with Crippen molar-refractivity contribution in [2.75, 3.05) is 13.3 Å². The quantitative estimate of drug-likeness (QED) is 0.872. The van der Waals surface area contributed by atoms with E-state index in [0.29, 0.717) is 12.1 Å². The Hall–Kier alpha value is -2.18. The Kier molecular flexibility index (Phi) is 5.75. The van der Waals surface area contributed by atoms with Crippen LogP contribution >= 0.6 is 0 Å². The number of hydrogen-bond acceptors (Lipinski definition) is 3. The predicted octanol–water partition coefficient (Wildman–Crippen LogP) is 2.24. The molecule has 6 heteroatoms. The van der Waals surface area contributed by atoms with E-state index in [9.17, 15) is 13.2 Å². The van der Waals surface area contributed by atoms with Gasteiger partial charge < -0.3 is 5.32 Å².